The Hall–Kier alpha value is -1.71. The summed E-state index contributed by atoms with van der Waals surface area (Å²) in [7, 11) is 0. The lowest BCUT2D eigenvalue weighted by Gasteiger charge is -2.09. The van der Waals surface area contributed by atoms with Crippen LogP contribution in [0, 0.1) is 11.3 Å². The van der Waals surface area contributed by atoms with E-state index in [2.05, 4.69) is 15.3 Å². The third kappa shape index (κ3) is 2.65. The van der Waals surface area contributed by atoms with Gasteiger partial charge in [0.25, 0.3) is 0 Å². The van der Waals surface area contributed by atoms with E-state index in [1.165, 1.54) is 12.5 Å². The topological polar surface area (TPSA) is 108 Å². The van der Waals surface area contributed by atoms with Crippen molar-refractivity contribution in [1.29, 1.82) is 5.26 Å². The maximum absolute atomic E-state index is 9.17. The number of aromatic nitrogens is 2. The lowest BCUT2D eigenvalue weighted by atomic mass is 10.3. The molecule has 0 amide bonds. The Kier molecular flexibility index (Phi) is 3.79. The fourth-order valence-electron chi connectivity index (χ4n) is 0.850. The molecule has 1 heterocycles. The lowest BCUT2D eigenvalue weighted by Crippen LogP contribution is -2.28. The summed E-state index contributed by atoms with van der Waals surface area (Å²) in [6.45, 7) is 0.433. The molecule has 0 bridgehead atoms. The maximum Gasteiger partial charge on any atom is 0.147 e. The van der Waals surface area contributed by atoms with Crippen molar-refractivity contribution in [3.8, 4) is 6.07 Å². The quantitative estimate of drug-likeness (QED) is 0.570. The first-order chi connectivity index (χ1) is 6.77. The van der Waals surface area contributed by atoms with Crippen LogP contribution in [-0.2, 0) is 0 Å². The highest BCUT2D eigenvalue weighted by atomic mass is 16.3. The van der Waals surface area contributed by atoms with E-state index in [0.717, 1.165) is 0 Å². The summed E-state index contributed by atoms with van der Waals surface area (Å²) in [4.78, 5) is 7.56. The van der Waals surface area contributed by atoms with Crippen molar-refractivity contribution in [3.63, 3.8) is 0 Å². The summed E-state index contributed by atoms with van der Waals surface area (Å²) in [5.41, 5.74) is 5.56. The molecule has 74 valence electrons. The number of nitriles is 1. The fraction of sp³-hybridized carbons (Fsp3) is 0.375. The maximum atomic E-state index is 9.17. The van der Waals surface area contributed by atoms with Crippen LogP contribution in [0.25, 0.3) is 0 Å². The van der Waals surface area contributed by atoms with E-state index in [0.29, 0.717) is 11.4 Å². The van der Waals surface area contributed by atoms with Gasteiger partial charge in [0.2, 0.25) is 0 Å². The Morgan fingerprint density at radius 1 is 1.71 bits per heavy atom. The van der Waals surface area contributed by atoms with Gasteiger partial charge in [0.1, 0.15) is 23.8 Å². The van der Waals surface area contributed by atoms with E-state index in [9.17, 15) is 0 Å². The molecule has 0 aliphatic carbocycles. The van der Waals surface area contributed by atoms with E-state index in [-0.39, 0.29) is 13.1 Å². The van der Waals surface area contributed by atoms with Gasteiger partial charge >= 0.3 is 0 Å². The Morgan fingerprint density at radius 3 is 3.14 bits per heavy atom. The molecule has 0 aliphatic heterocycles. The van der Waals surface area contributed by atoms with Gasteiger partial charge < -0.3 is 16.2 Å². The van der Waals surface area contributed by atoms with Crippen LogP contribution < -0.4 is 11.1 Å². The number of nitrogens with two attached hydrogens (primary N) is 1. The van der Waals surface area contributed by atoms with Gasteiger partial charge in [-0.15, -0.1) is 0 Å². The first-order valence-corrected chi connectivity index (χ1v) is 4.10. The Morgan fingerprint density at radius 2 is 2.50 bits per heavy atom. The first-order valence-electron chi connectivity index (χ1n) is 4.10. The summed E-state index contributed by atoms with van der Waals surface area (Å²) in [6, 6.07) is 1.94. The molecule has 1 unspecified atom stereocenters. The average molecular weight is 193 g/mol. The molecule has 6 heteroatoms. The Labute approximate surface area is 81.4 Å². The van der Waals surface area contributed by atoms with E-state index in [1.54, 1.807) is 0 Å². The van der Waals surface area contributed by atoms with Gasteiger partial charge in [-0.05, 0) is 0 Å². The molecule has 0 saturated heterocycles. The molecule has 0 radical (unpaired) electrons. The molecule has 1 aromatic heterocycles. The minimum Gasteiger partial charge on any atom is -0.390 e. The van der Waals surface area contributed by atoms with Crippen LogP contribution in [0.4, 0.5) is 5.82 Å². The van der Waals surface area contributed by atoms with Crippen LogP contribution in [0.1, 0.15) is 5.56 Å². The van der Waals surface area contributed by atoms with Crippen molar-refractivity contribution < 1.29 is 5.11 Å². The highest BCUT2D eigenvalue weighted by Crippen LogP contribution is 2.07. The molecule has 0 fully saturated rings. The lowest BCUT2D eigenvalue weighted by molar-refractivity contribution is 0.196. The van der Waals surface area contributed by atoms with Crippen LogP contribution >= 0.6 is 0 Å². The van der Waals surface area contributed by atoms with Crippen LogP contribution in [0.3, 0.4) is 0 Å². The normalized spacial score (nSPS) is 11.8. The molecule has 14 heavy (non-hydrogen) atoms. The highest BCUT2D eigenvalue weighted by molar-refractivity contribution is 5.49. The molecular weight excluding hydrogens is 182 g/mol. The van der Waals surface area contributed by atoms with Crippen LogP contribution in [0.15, 0.2) is 12.5 Å². The van der Waals surface area contributed by atoms with Gasteiger partial charge in [0, 0.05) is 13.1 Å². The number of aliphatic hydroxyl groups excluding tert-OH is 1. The van der Waals surface area contributed by atoms with E-state index in [1.807, 2.05) is 6.07 Å². The summed E-state index contributed by atoms with van der Waals surface area (Å²) in [5.74, 6) is 0.412. The number of nitrogens with zero attached hydrogens (tertiary/aromatic N) is 3. The molecule has 0 aliphatic rings. The number of nitrogens with one attached hydrogen (secondary N) is 1. The zero-order chi connectivity index (χ0) is 10.4. The zero-order valence-electron chi connectivity index (χ0n) is 7.51. The second kappa shape index (κ2) is 5.11. The van der Waals surface area contributed by atoms with Crippen molar-refractivity contribution in [1.82, 2.24) is 9.97 Å². The second-order valence-corrected chi connectivity index (χ2v) is 2.67. The van der Waals surface area contributed by atoms with E-state index >= 15 is 0 Å². The van der Waals surface area contributed by atoms with Crippen molar-refractivity contribution in [2.24, 2.45) is 5.73 Å². The van der Waals surface area contributed by atoms with Crippen molar-refractivity contribution in [2.75, 3.05) is 18.4 Å². The van der Waals surface area contributed by atoms with Crippen LogP contribution in [-0.4, -0.2) is 34.3 Å². The van der Waals surface area contributed by atoms with Gasteiger partial charge in [0.15, 0.2) is 0 Å². The molecule has 0 spiro atoms. The van der Waals surface area contributed by atoms with Gasteiger partial charge in [-0.25, -0.2) is 9.97 Å². The summed E-state index contributed by atoms with van der Waals surface area (Å²) < 4.78 is 0. The Bertz CT molecular complexity index is 335. The Balaban J connectivity index is 2.63. The van der Waals surface area contributed by atoms with E-state index in [4.69, 9.17) is 16.1 Å². The zero-order valence-corrected chi connectivity index (χ0v) is 7.51. The standard InChI is InChI=1S/C8H11N5O/c9-1-6-3-11-5-13-8(6)12-4-7(14)2-10/h3,5,7,14H,2,4,10H2,(H,11,12,13). The van der Waals surface area contributed by atoms with Crippen molar-refractivity contribution in [2.45, 2.75) is 6.10 Å². The third-order valence-corrected chi connectivity index (χ3v) is 1.61. The molecule has 0 aromatic carbocycles. The predicted octanol–water partition coefficient (Wildman–Crippen LogP) is -0.920. The fourth-order valence-corrected chi connectivity index (χ4v) is 0.850. The number of aliphatic hydroxyl groups is 1. The summed E-state index contributed by atoms with van der Waals surface area (Å²) in [6.07, 6.45) is 2.10. The predicted molar refractivity (Wildman–Crippen MR) is 50.3 cm³/mol. The van der Waals surface area contributed by atoms with Gasteiger partial charge in [-0.3, -0.25) is 0 Å². The van der Waals surface area contributed by atoms with Gasteiger partial charge in [0.05, 0.1) is 12.3 Å². The highest BCUT2D eigenvalue weighted by Gasteiger charge is 2.05. The molecule has 1 rings (SSSR count). The third-order valence-electron chi connectivity index (χ3n) is 1.61. The smallest absolute Gasteiger partial charge is 0.147 e. The molecule has 1 aromatic rings. The van der Waals surface area contributed by atoms with E-state index < -0.39 is 6.10 Å². The minimum atomic E-state index is -0.642. The molecular formula is C8H11N5O. The molecule has 4 N–H and O–H groups in total. The SMILES string of the molecule is N#Cc1cncnc1NCC(O)CN. The van der Waals surface area contributed by atoms with Gasteiger partial charge in [-0.1, -0.05) is 0 Å². The van der Waals surface area contributed by atoms with Crippen LogP contribution in [0.5, 0.6) is 0 Å². The number of hydrogen-bond donors (Lipinski definition) is 3. The minimum absolute atomic E-state index is 0.167. The number of rotatable bonds is 4. The largest absolute Gasteiger partial charge is 0.390 e. The molecule has 0 saturated carbocycles. The molecule has 1 atom stereocenters. The molecule has 6 nitrogen and oxygen atoms in total. The van der Waals surface area contributed by atoms with Gasteiger partial charge in [-0.2, -0.15) is 5.26 Å². The van der Waals surface area contributed by atoms with Crippen molar-refractivity contribution >= 4 is 5.82 Å². The monoisotopic (exact) mass is 193 g/mol. The van der Waals surface area contributed by atoms with Crippen molar-refractivity contribution in [3.05, 3.63) is 18.1 Å². The summed E-state index contributed by atoms with van der Waals surface area (Å²) >= 11 is 0. The first kappa shape index (κ1) is 10.4. The second-order valence-electron chi connectivity index (χ2n) is 2.67. The number of hydrogen-bond acceptors (Lipinski definition) is 6. The number of anilines is 1. The average Bonchev–Trinajstić information content (AvgIpc) is 2.26. The summed E-state index contributed by atoms with van der Waals surface area (Å²) in [5, 5.41) is 20.7. The van der Waals surface area contributed by atoms with Crippen LogP contribution in [0.2, 0.25) is 0 Å².